The molecule has 4 rings (SSSR count). The van der Waals surface area contributed by atoms with Crippen molar-refractivity contribution in [2.75, 3.05) is 20.1 Å². The van der Waals surface area contributed by atoms with Crippen molar-refractivity contribution < 1.29 is 8.42 Å². The van der Waals surface area contributed by atoms with Gasteiger partial charge in [-0.3, -0.25) is 0 Å². The summed E-state index contributed by atoms with van der Waals surface area (Å²) in [4.78, 5) is 2.82. The summed E-state index contributed by atoms with van der Waals surface area (Å²) in [5.41, 5.74) is 2.60. The van der Waals surface area contributed by atoms with Gasteiger partial charge in [0, 0.05) is 12.1 Å². The minimum atomic E-state index is -3.37. The number of aryl methyl sites for hydroxylation is 2. The first-order valence-corrected chi connectivity index (χ1v) is 10.8. The molecule has 5 heteroatoms. The fourth-order valence-corrected chi connectivity index (χ4v) is 6.24. The number of sulfonamides is 1. The molecule has 1 heterocycles. The van der Waals surface area contributed by atoms with E-state index in [2.05, 4.69) is 18.0 Å². The minimum absolute atomic E-state index is 0.176. The predicted molar refractivity (Wildman–Crippen MR) is 95.6 cm³/mol. The lowest BCUT2D eigenvalue weighted by atomic mass is 9.92. The van der Waals surface area contributed by atoms with Crippen molar-refractivity contribution in [2.45, 2.75) is 68.3 Å². The van der Waals surface area contributed by atoms with Crippen LogP contribution in [0.1, 0.15) is 49.7 Å². The molecule has 4 nitrogen and oxygen atoms in total. The van der Waals surface area contributed by atoms with Crippen molar-refractivity contribution in [1.29, 1.82) is 0 Å². The molecule has 0 atom stereocenters. The maximum Gasteiger partial charge on any atom is 0.243 e. The molecule has 2 aliphatic carbocycles. The summed E-state index contributed by atoms with van der Waals surface area (Å²) >= 11 is 0. The normalized spacial score (nSPS) is 23.4. The average molecular weight is 349 g/mol. The maximum atomic E-state index is 13.4. The third kappa shape index (κ3) is 3.14. The van der Waals surface area contributed by atoms with Gasteiger partial charge in [-0.2, -0.15) is 4.31 Å². The molecular formula is C19H28N2O2S. The van der Waals surface area contributed by atoms with Crippen molar-refractivity contribution >= 4 is 10.0 Å². The van der Waals surface area contributed by atoms with Crippen LogP contribution in [0.15, 0.2) is 23.1 Å². The Hall–Kier alpha value is -0.910. The van der Waals surface area contributed by atoms with Crippen molar-refractivity contribution in [3.8, 4) is 0 Å². The molecule has 3 aliphatic rings. The van der Waals surface area contributed by atoms with E-state index in [9.17, 15) is 8.42 Å². The highest BCUT2D eigenvalue weighted by molar-refractivity contribution is 7.89. The summed E-state index contributed by atoms with van der Waals surface area (Å²) in [5.74, 6) is 0. The van der Waals surface area contributed by atoms with Gasteiger partial charge < -0.3 is 4.90 Å². The quantitative estimate of drug-likeness (QED) is 0.840. The second kappa shape index (κ2) is 6.43. The number of rotatable bonds is 4. The summed E-state index contributed by atoms with van der Waals surface area (Å²) in [6.07, 6.45) is 8.48. The Kier molecular flexibility index (Phi) is 4.43. The van der Waals surface area contributed by atoms with E-state index in [1.54, 1.807) is 0 Å². The third-order valence-electron chi connectivity index (χ3n) is 5.85. The smallest absolute Gasteiger partial charge is 0.243 e. The summed E-state index contributed by atoms with van der Waals surface area (Å²) < 4.78 is 28.7. The Bertz CT molecular complexity index is 704. The molecule has 1 aromatic carbocycles. The van der Waals surface area contributed by atoms with Gasteiger partial charge in [-0.1, -0.05) is 6.07 Å². The number of likely N-dealkylation sites (tertiary alicyclic amines) is 1. The topological polar surface area (TPSA) is 40.6 Å². The van der Waals surface area contributed by atoms with Crippen LogP contribution in [0.3, 0.4) is 0 Å². The van der Waals surface area contributed by atoms with Crippen LogP contribution in [-0.4, -0.2) is 49.8 Å². The number of benzene rings is 1. The molecule has 1 aromatic rings. The van der Waals surface area contributed by atoms with E-state index in [1.807, 2.05) is 16.4 Å². The molecule has 1 saturated carbocycles. The van der Waals surface area contributed by atoms with Gasteiger partial charge >= 0.3 is 0 Å². The monoisotopic (exact) mass is 348 g/mol. The largest absolute Gasteiger partial charge is 0.306 e. The molecule has 1 saturated heterocycles. The summed E-state index contributed by atoms with van der Waals surface area (Å²) in [7, 11) is -1.25. The van der Waals surface area contributed by atoms with Gasteiger partial charge in [0.2, 0.25) is 10.0 Å². The van der Waals surface area contributed by atoms with E-state index >= 15 is 0 Å². The van der Waals surface area contributed by atoms with Gasteiger partial charge in [0.15, 0.2) is 0 Å². The van der Waals surface area contributed by atoms with Gasteiger partial charge in [0.05, 0.1) is 4.90 Å². The molecule has 0 spiro atoms. The number of hydrogen-bond donors (Lipinski definition) is 0. The van der Waals surface area contributed by atoms with Crippen LogP contribution >= 0.6 is 0 Å². The van der Waals surface area contributed by atoms with E-state index in [1.165, 1.54) is 24.0 Å². The Morgan fingerprint density at radius 2 is 1.58 bits per heavy atom. The second-order valence-corrected chi connectivity index (χ2v) is 9.58. The first-order chi connectivity index (χ1) is 11.6. The lowest BCUT2D eigenvalue weighted by Crippen LogP contribution is -2.47. The lowest BCUT2D eigenvalue weighted by Gasteiger charge is -2.36. The Labute approximate surface area is 145 Å². The zero-order chi connectivity index (χ0) is 16.7. The fraction of sp³-hybridized carbons (Fsp3) is 0.684. The van der Waals surface area contributed by atoms with E-state index < -0.39 is 10.0 Å². The number of piperidine rings is 1. The van der Waals surface area contributed by atoms with Gasteiger partial charge in [0.1, 0.15) is 0 Å². The number of nitrogens with zero attached hydrogens (tertiary/aromatic N) is 2. The molecule has 0 amide bonds. The maximum absolute atomic E-state index is 13.4. The fourth-order valence-electron chi connectivity index (χ4n) is 4.26. The first-order valence-electron chi connectivity index (χ1n) is 9.39. The van der Waals surface area contributed by atoms with E-state index in [0.29, 0.717) is 4.90 Å². The molecule has 1 aliphatic heterocycles. The van der Waals surface area contributed by atoms with Crippen molar-refractivity contribution in [2.24, 2.45) is 0 Å². The van der Waals surface area contributed by atoms with Crippen LogP contribution in [0.2, 0.25) is 0 Å². The van der Waals surface area contributed by atoms with E-state index in [4.69, 9.17) is 0 Å². The Morgan fingerprint density at radius 1 is 0.958 bits per heavy atom. The SMILES string of the molecule is CN1CCC(N(C2CC2)S(=O)(=O)c2ccc3c(c2)CCCC3)CC1. The van der Waals surface area contributed by atoms with Crippen LogP contribution in [0.25, 0.3) is 0 Å². The molecule has 0 aromatic heterocycles. The van der Waals surface area contributed by atoms with Crippen LogP contribution in [-0.2, 0) is 22.9 Å². The highest BCUT2D eigenvalue weighted by Gasteiger charge is 2.43. The highest BCUT2D eigenvalue weighted by Crippen LogP contribution is 2.37. The Balaban J connectivity index is 1.64. The third-order valence-corrected chi connectivity index (χ3v) is 7.85. The van der Waals surface area contributed by atoms with Gasteiger partial charge in [0.25, 0.3) is 0 Å². The molecule has 0 bridgehead atoms. The highest BCUT2D eigenvalue weighted by atomic mass is 32.2. The zero-order valence-electron chi connectivity index (χ0n) is 14.6. The molecule has 0 unspecified atom stereocenters. The Morgan fingerprint density at radius 3 is 2.25 bits per heavy atom. The predicted octanol–water partition coefficient (Wildman–Crippen LogP) is 2.81. The molecule has 24 heavy (non-hydrogen) atoms. The standard InChI is InChI=1S/C19H28N2O2S/c1-20-12-10-18(11-13-20)21(17-7-8-17)24(22,23)19-9-6-15-4-2-3-5-16(15)14-19/h6,9,14,17-18H,2-5,7-8,10-13H2,1H3. The number of fused-ring (bicyclic) bond motifs is 1. The summed E-state index contributed by atoms with van der Waals surface area (Å²) in [6.45, 7) is 1.99. The van der Waals surface area contributed by atoms with Crippen LogP contribution in [0, 0.1) is 0 Å². The molecule has 0 N–H and O–H groups in total. The van der Waals surface area contributed by atoms with Crippen molar-refractivity contribution in [3.63, 3.8) is 0 Å². The average Bonchev–Trinajstić information content (AvgIpc) is 3.41. The van der Waals surface area contributed by atoms with Crippen molar-refractivity contribution in [1.82, 2.24) is 9.21 Å². The molecule has 0 radical (unpaired) electrons. The van der Waals surface area contributed by atoms with Crippen LogP contribution in [0.5, 0.6) is 0 Å². The molecule has 2 fully saturated rings. The lowest BCUT2D eigenvalue weighted by molar-refractivity contribution is 0.178. The van der Waals surface area contributed by atoms with E-state index in [-0.39, 0.29) is 12.1 Å². The second-order valence-electron chi connectivity index (χ2n) is 7.74. The molecule has 132 valence electrons. The van der Waals surface area contributed by atoms with Gasteiger partial charge in [-0.15, -0.1) is 0 Å². The molecular weight excluding hydrogens is 320 g/mol. The minimum Gasteiger partial charge on any atom is -0.306 e. The van der Waals surface area contributed by atoms with E-state index in [0.717, 1.165) is 51.6 Å². The van der Waals surface area contributed by atoms with Gasteiger partial charge in [-0.25, -0.2) is 8.42 Å². The van der Waals surface area contributed by atoms with Crippen molar-refractivity contribution in [3.05, 3.63) is 29.3 Å². The zero-order valence-corrected chi connectivity index (χ0v) is 15.4. The summed E-state index contributed by atoms with van der Waals surface area (Å²) in [6, 6.07) is 6.29. The van der Waals surface area contributed by atoms with Crippen LogP contribution < -0.4 is 0 Å². The summed E-state index contributed by atoms with van der Waals surface area (Å²) in [5, 5.41) is 0. The number of hydrogen-bond acceptors (Lipinski definition) is 3. The van der Waals surface area contributed by atoms with Gasteiger partial charge in [-0.05, 0) is 94.8 Å². The first kappa shape index (κ1) is 16.6. The van der Waals surface area contributed by atoms with Crippen LogP contribution in [0.4, 0.5) is 0 Å².